The summed E-state index contributed by atoms with van der Waals surface area (Å²) in [6, 6.07) is 0. The third-order valence-corrected chi connectivity index (χ3v) is 0. The fraction of sp³-hybridized carbons (Fsp3) is 1.00. The average Bonchev–Trinajstić information content (AvgIpc) is 1.50. The maximum atomic E-state index is 2.35. The van der Waals surface area contributed by atoms with E-state index in [-0.39, 0.29) is 16.4 Å². The molecular weight excluding hydrogens is 274 g/mol. The van der Waals surface area contributed by atoms with E-state index in [0.717, 1.165) is 0 Å². The Balaban J connectivity index is -0.00000000267. The van der Waals surface area contributed by atoms with Crippen LogP contribution in [0.3, 0.4) is 0 Å². The van der Waals surface area contributed by atoms with Gasteiger partial charge in [0.2, 0.25) is 0 Å². The van der Waals surface area contributed by atoms with Crippen LogP contribution in [0.2, 0.25) is 11.0 Å². The predicted octanol–water partition coefficient (Wildman–Crippen LogP) is 0.806. The molecule has 0 rings (SSSR count). The predicted molar refractivity (Wildman–Crippen MR) is 13.8 cm³/mol. The fourth-order valence-electron chi connectivity index (χ4n) is 0. The Kier molecular flexibility index (Phi) is 1270. The van der Waals surface area contributed by atoms with Crippen molar-refractivity contribution < 1.29 is 53.0 Å². The van der Waals surface area contributed by atoms with Gasteiger partial charge in [-0.3, -0.25) is 0 Å². The molecule has 0 aromatic heterocycles. The van der Waals surface area contributed by atoms with Crippen molar-refractivity contribution in [3.05, 3.63) is 0 Å². The topological polar surface area (TPSA) is 85.5 Å². The zero-order valence-corrected chi connectivity index (χ0v) is 7.41. The van der Waals surface area contributed by atoms with Gasteiger partial charge in [-0.15, -0.1) is 0 Å². The molecule has 7 heavy (non-hydrogen) atoms. The second-order valence-corrected chi connectivity index (χ2v) is 0. The summed E-state index contributed by atoms with van der Waals surface area (Å²) in [5, 5.41) is 0. The van der Waals surface area contributed by atoms with Gasteiger partial charge in [-0.05, 0) is 0 Å². The van der Waals surface area contributed by atoms with E-state index in [4.69, 9.17) is 0 Å². The van der Waals surface area contributed by atoms with E-state index in [9.17, 15) is 0 Å². The molecule has 5 heteroatoms. The second-order valence-electron chi connectivity index (χ2n) is 0. The first-order chi connectivity index (χ1) is 2.00. The quantitative estimate of drug-likeness (QED) is 0.588. The molecule has 0 atom stereocenters. The van der Waals surface area contributed by atoms with Crippen molar-refractivity contribution in [3.8, 4) is 0 Å². The summed E-state index contributed by atoms with van der Waals surface area (Å²) in [5.74, 6) is 0. The zero-order chi connectivity index (χ0) is 4.00. The third kappa shape index (κ3) is 148. The average molecular weight is 280 g/mol. The van der Waals surface area contributed by atoms with Gasteiger partial charge >= 0.3 is 47.6 Å². The molecule has 0 saturated carbocycles. The Morgan fingerprint density at radius 2 is 0.571 bits per heavy atom. The Morgan fingerprint density at radius 1 is 0.571 bits per heavy atom. The van der Waals surface area contributed by atoms with Crippen LogP contribution in [0.1, 0.15) is 0 Å². The summed E-state index contributed by atoms with van der Waals surface area (Å²) in [7, 11) is 0. The van der Waals surface area contributed by atoms with Crippen molar-refractivity contribution in [1.29, 1.82) is 0 Å². The van der Waals surface area contributed by atoms with Gasteiger partial charge in [-0.25, -0.2) is 0 Å². The first-order valence-electron chi connectivity index (χ1n) is 0.707. The summed E-state index contributed by atoms with van der Waals surface area (Å²) in [4.78, 5) is 0. The van der Waals surface area contributed by atoms with Crippen LogP contribution in [0.15, 0.2) is 0 Å². The van der Waals surface area contributed by atoms with Gasteiger partial charge in [0, 0.05) is 0 Å². The largest absolute Gasteiger partial charge is 2.00 e. The molecule has 0 amide bonds. The molecule has 0 aromatic carbocycles. The minimum absolute atomic E-state index is 0. The maximum Gasteiger partial charge on any atom is -2.00 e. The summed E-state index contributed by atoms with van der Waals surface area (Å²) in [6.07, 6.45) is 0. The zero-order valence-electron chi connectivity index (χ0n) is 3.93. The molecule has 0 unspecified atom stereocenters. The Hall–Kier alpha value is 1.13. The molecule has 0 bridgehead atoms. The van der Waals surface area contributed by atoms with Crippen LogP contribution in [0.4, 0.5) is 0 Å². The monoisotopic (exact) mass is 282 g/mol. The number of hydrogen-bond donors (Lipinski definition) is 0. The normalized spacial score (nSPS) is 1.43. The van der Waals surface area contributed by atoms with E-state index >= 15 is 0 Å². The van der Waals surface area contributed by atoms with E-state index in [2.05, 4.69) is 36.6 Å². The molecule has 0 radical (unpaired) electrons. The van der Waals surface area contributed by atoms with Crippen molar-refractivity contribution in [1.82, 2.24) is 0 Å². The first-order valence-corrected chi connectivity index (χ1v) is 4.18. The van der Waals surface area contributed by atoms with Crippen molar-refractivity contribution >= 4 is 0 Å². The molecule has 0 heterocycles. The fourth-order valence-corrected chi connectivity index (χ4v) is 0. The van der Waals surface area contributed by atoms with Crippen LogP contribution in [0, 0.1) is 0 Å². The summed E-state index contributed by atoms with van der Waals surface area (Å²) in [5.41, 5.74) is 3.86. The van der Waals surface area contributed by atoms with Gasteiger partial charge in [0.05, 0.1) is 0 Å². The van der Waals surface area contributed by atoms with Gasteiger partial charge in [0.15, 0.2) is 0 Å². The van der Waals surface area contributed by atoms with E-state index in [1.54, 1.807) is 0 Å². The molecule has 48 valence electrons. The van der Waals surface area contributed by atoms with Gasteiger partial charge < -0.3 is 16.4 Å². The van der Waals surface area contributed by atoms with Gasteiger partial charge in [0.1, 0.15) is 0 Å². The minimum Gasteiger partial charge on any atom is -2.00 e. The van der Waals surface area contributed by atoms with E-state index in [1.807, 2.05) is 11.0 Å². The molecule has 3 nitrogen and oxygen atoms in total. The minimum atomic E-state index is 0. The van der Waals surface area contributed by atoms with Gasteiger partial charge in [-0.1, -0.05) is 0 Å². The van der Waals surface area contributed by atoms with Crippen molar-refractivity contribution in [2.24, 2.45) is 0 Å². The van der Waals surface area contributed by atoms with Crippen LogP contribution >= 0.6 is 0 Å². The van der Waals surface area contributed by atoms with Crippen LogP contribution in [-0.4, -0.2) is 0 Å². The van der Waals surface area contributed by atoms with E-state index in [1.165, 1.54) is 0 Å². The standard InChI is InChI=1S/2CH3.3O.2Ru/h2*1H3;;;;;/q;;3*-2;2*+3. The molecule has 0 saturated heterocycles. The van der Waals surface area contributed by atoms with E-state index < -0.39 is 0 Å². The van der Waals surface area contributed by atoms with E-state index in [0.29, 0.717) is 0 Å². The summed E-state index contributed by atoms with van der Waals surface area (Å²) in [6.45, 7) is 0. The molecule has 0 fully saturated rings. The molecule has 0 spiro atoms. The first kappa shape index (κ1) is 42.2. The van der Waals surface area contributed by atoms with Crippen molar-refractivity contribution in [2.75, 3.05) is 0 Å². The number of rotatable bonds is 0. The molecule has 0 aliphatic rings. The molecule has 0 aromatic rings. The summed E-state index contributed by atoms with van der Waals surface area (Å²) < 4.78 is 0. The Bertz CT molecular complexity index is 10.9. The van der Waals surface area contributed by atoms with Crippen LogP contribution in [-0.2, 0) is 53.0 Å². The molecular formula is C2H6O3Ru2. The Labute approximate surface area is 64.2 Å². The van der Waals surface area contributed by atoms with Crippen LogP contribution in [0.5, 0.6) is 0 Å². The SMILES string of the molecule is [CH3][Ru+3].[CH3][Ru+3].[O-2].[O-2].[O-2]. The van der Waals surface area contributed by atoms with Crippen molar-refractivity contribution in [3.63, 3.8) is 0 Å². The second kappa shape index (κ2) is 211. The van der Waals surface area contributed by atoms with Crippen LogP contribution < -0.4 is 0 Å². The molecule has 0 aliphatic heterocycles. The maximum absolute atomic E-state index is 2.35. The van der Waals surface area contributed by atoms with Crippen LogP contribution in [0.25, 0.3) is 0 Å². The van der Waals surface area contributed by atoms with Gasteiger partial charge in [0.25, 0.3) is 0 Å². The molecule has 0 N–H and O–H groups in total. The van der Waals surface area contributed by atoms with Crippen molar-refractivity contribution in [2.45, 2.75) is 11.0 Å². The Morgan fingerprint density at radius 3 is 0.571 bits per heavy atom. The van der Waals surface area contributed by atoms with Gasteiger partial charge in [-0.2, -0.15) is 0 Å². The summed E-state index contributed by atoms with van der Waals surface area (Å²) >= 11 is 4.70. The smallest absolute Gasteiger partial charge is 2.00 e. The number of hydrogen-bond acceptors (Lipinski definition) is 0. The molecule has 0 aliphatic carbocycles. The third-order valence-electron chi connectivity index (χ3n) is 0.